The van der Waals surface area contributed by atoms with Gasteiger partial charge in [-0.15, -0.1) is 0 Å². The van der Waals surface area contributed by atoms with E-state index in [2.05, 4.69) is 6.07 Å². The van der Waals surface area contributed by atoms with Gasteiger partial charge in [0.2, 0.25) is 0 Å². The van der Waals surface area contributed by atoms with Gasteiger partial charge in [0.1, 0.15) is 11.5 Å². The van der Waals surface area contributed by atoms with Crippen molar-refractivity contribution in [3.63, 3.8) is 0 Å². The van der Waals surface area contributed by atoms with Crippen LogP contribution in [-0.2, 0) is 5.41 Å². The van der Waals surface area contributed by atoms with Gasteiger partial charge >= 0.3 is 0 Å². The van der Waals surface area contributed by atoms with E-state index in [9.17, 15) is 5.11 Å². The average Bonchev–Trinajstić information content (AvgIpc) is 3.22. The topological polar surface area (TPSA) is 29.5 Å². The molecule has 1 atom stereocenters. The zero-order valence-corrected chi connectivity index (χ0v) is 11.0. The van der Waals surface area contributed by atoms with E-state index in [1.165, 1.54) is 5.56 Å². The molecule has 0 amide bonds. The first-order valence-corrected chi connectivity index (χ1v) is 6.72. The maximum atomic E-state index is 9.94. The summed E-state index contributed by atoms with van der Waals surface area (Å²) in [5.74, 6) is 1.66. The summed E-state index contributed by atoms with van der Waals surface area (Å²) in [5.41, 5.74) is 1.13. The minimum absolute atomic E-state index is 0.0456. The van der Waals surface area contributed by atoms with Crippen LogP contribution < -0.4 is 4.74 Å². The van der Waals surface area contributed by atoms with Crippen molar-refractivity contribution in [3.05, 3.63) is 60.2 Å². The highest BCUT2D eigenvalue weighted by Crippen LogP contribution is 2.51. The number of aliphatic hydroxyl groups is 1. The summed E-state index contributed by atoms with van der Waals surface area (Å²) >= 11 is 0. The van der Waals surface area contributed by atoms with Crippen LogP contribution in [0.4, 0.5) is 0 Å². The van der Waals surface area contributed by atoms with E-state index in [1.807, 2.05) is 55.5 Å². The molecule has 0 radical (unpaired) electrons. The van der Waals surface area contributed by atoms with E-state index in [-0.39, 0.29) is 11.5 Å². The molecular weight excluding hydrogens is 236 g/mol. The van der Waals surface area contributed by atoms with E-state index >= 15 is 0 Å². The Labute approximate surface area is 113 Å². The molecule has 2 aromatic rings. The SMILES string of the molecule is CC(O)C1(c2cccc(Oc3ccccc3)c2)CC1. The number of ether oxygens (including phenoxy) is 1. The number of para-hydroxylation sites is 1. The van der Waals surface area contributed by atoms with E-state index in [1.54, 1.807) is 0 Å². The molecule has 19 heavy (non-hydrogen) atoms. The molecule has 1 N–H and O–H groups in total. The van der Waals surface area contributed by atoms with Crippen molar-refractivity contribution in [2.75, 3.05) is 0 Å². The first-order chi connectivity index (χ1) is 9.21. The summed E-state index contributed by atoms with van der Waals surface area (Å²) in [7, 11) is 0. The van der Waals surface area contributed by atoms with Crippen molar-refractivity contribution in [2.45, 2.75) is 31.3 Å². The fourth-order valence-electron chi connectivity index (χ4n) is 2.58. The highest BCUT2D eigenvalue weighted by molar-refractivity contribution is 5.40. The fourth-order valence-corrected chi connectivity index (χ4v) is 2.58. The molecule has 0 aliphatic heterocycles. The van der Waals surface area contributed by atoms with Crippen LogP contribution >= 0.6 is 0 Å². The standard InChI is InChI=1S/C17H18O2/c1-13(18)17(10-11-17)14-6-5-9-16(12-14)19-15-7-3-2-4-8-15/h2-9,12-13,18H,10-11H2,1H3. The smallest absolute Gasteiger partial charge is 0.127 e. The predicted octanol–water partition coefficient (Wildman–Crippen LogP) is 3.89. The maximum absolute atomic E-state index is 9.94. The zero-order valence-electron chi connectivity index (χ0n) is 11.0. The molecule has 0 saturated heterocycles. The highest BCUT2D eigenvalue weighted by atomic mass is 16.5. The first-order valence-electron chi connectivity index (χ1n) is 6.72. The molecule has 3 rings (SSSR count). The Morgan fingerprint density at radius 2 is 1.68 bits per heavy atom. The Kier molecular flexibility index (Phi) is 3.03. The molecule has 1 aliphatic carbocycles. The quantitative estimate of drug-likeness (QED) is 0.897. The lowest BCUT2D eigenvalue weighted by Crippen LogP contribution is -2.22. The monoisotopic (exact) mass is 254 g/mol. The molecule has 1 fully saturated rings. The molecule has 1 aliphatic rings. The summed E-state index contributed by atoms with van der Waals surface area (Å²) < 4.78 is 5.84. The number of aliphatic hydroxyl groups excluding tert-OH is 1. The summed E-state index contributed by atoms with van der Waals surface area (Å²) in [6.07, 6.45) is 1.80. The Morgan fingerprint density at radius 1 is 1.00 bits per heavy atom. The summed E-state index contributed by atoms with van der Waals surface area (Å²) in [6, 6.07) is 17.8. The number of hydrogen-bond acceptors (Lipinski definition) is 2. The van der Waals surface area contributed by atoms with E-state index in [0.717, 1.165) is 24.3 Å². The van der Waals surface area contributed by atoms with Gasteiger partial charge in [-0.1, -0.05) is 30.3 Å². The van der Waals surface area contributed by atoms with Gasteiger partial charge < -0.3 is 9.84 Å². The lowest BCUT2D eigenvalue weighted by Gasteiger charge is -2.19. The van der Waals surface area contributed by atoms with E-state index < -0.39 is 0 Å². The second kappa shape index (κ2) is 4.71. The van der Waals surface area contributed by atoms with Gasteiger partial charge in [0, 0.05) is 5.41 Å². The second-order valence-corrected chi connectivity index (χ2v) is 5.28. The van der Waals surface area contributed by atoms with Crippen molar-refractivity contribution in [1.29, 1.82) is 0 Å². The van der Waals surface area contributed by atoms with Crippen molar-refractivity contribution < 1.29 is 9.84 Å². The van der Waals surface area contributed by atoms with Crippen LogP contribution in [0.1, 0.15) is 25.3 Å². The van der Waals surface area contributed by atoms with Gasteiger partial charge in [-0.05, 0) is 49.6 Å². The lowest BCUT2D eigenvalue weighted by molar-refractivity contribution is 0.150. The Bertz CT molecular complexity index is 556. The summed E-state index contributed by atoms with van der Waals surface area (Å²) in [6.45, 7) is 1.87. The van der Waals surface area contributed by atoms with Crippen molar-refractivity contribution in [3.8, 4) is 11.5 Å². The van der Waals surface area contributed by atoms with E-state index in [4.69, 9.17) is 4.74 Å². The average molecular weight is 254 g/mol. The molecule has 0 bridgehead atoms. The molecule has 2 aromatic carbocycles. The highest BCUT2D eigenvalue weighted by Gasteiger charge is 2.48. The minimum atomic E-state index is -0.306. The predicted molar refractivity (Wildman–Crippen MR) is 75.6 cm³/mol. The van der Waals surface area contributed by atoms with Crippen LogP contribution in [0.25, 0.3) is 0 Å². The van der Waals surface area contributed by atoms with Crippen molar-refractivity contribution in [2.24, 2.45) is 0 Å². The summed E-state index contributed by atoms with van der Waals surface area (Å²) in [5, 5.41) is 9.94. The van der Waals surface area contributed by atoms with Crippen molar-refractivity contribution >= 4 is 0 Å². The van der Waals surface area contributed by atoms with Gasteiger partial charge in [-0.25, -0.2) is 0 Å². The van der Waals surface area contributed by atoms with Crippen LogP contribution in [0.2, 0.25) is 0 Å². The van der Waals surface area contributed by atoms with Gasteiger partial charge in [0.25, 0.3) is 0 Å². The Balaban J connectivity index is 1.85. The third-order valence-corrected chi connectivity index (χ3v) is 3.98. The molecule has 0 heterocycles. The van der Waals surface area contributed by atoms with Crippen LogP contribution in [0.5, 0.6) is 11.5 Å². The van der Waals surface area contributed by atoms with Crippen LogP contribution in [-0.4, -0.2) is 11.2 Å². The molecule has 0 spiro atoms. The number of benzene rings is 2. The second-order valence-electron chi connectivity index (χ2n) is 5.28. The van der Waals surface area contributed by atoms with Gasteiger partial charge in [0.05, 0.1) is 6.10 Å². The van der Waals surface area contributed by atoms with Gasteiger partial charge in [0.15, 0.2) is 0 Å². The Morgan fingerprint density at radius 3 is 2.32 bits per heavy atom. The zero-order chi connectivity index (χ0) is 13.3. The van der Waals surface area contributed by atoms with Crippen LogP contribution in [0, 0.1) is 0 Å². The summed E-state index contributed by atoms with van der Waals surface area (Å²) in [4.78, 5) is 0. The minimum Gasteiger partial charge on any atom is -0.457 e. The molecule has 98 valence electrons. The lowest BCUT2D eigenvalue weighted by atomic mass is 9.91. The first kappa shape index (κ1) is 12.2. The van der Waals surface area contributed by atoms with Crippen molar-refractivity contribution in [1.82, 2.24) is 0 Å². The number of rotatable bonds is 4. The van der Waals surface area contributed by atoms with E-state index in [0.29, 0.717) is 0 Å². The molecule has 2 heteroatoms. The van der Waals surface area contributed by atoms with Crippen LogP contribution in [0.3, 0.4) is 0 Å². The number of hydrogen-bond donors (Lipinski definition) is 1. The largest absolute Gasteiger partial charge is 0.457 e. The molecule has 0 aromatic heterocycles. The Hall–Kier alpha value is -1.80. The fraction of sp³-hybridized carbons (Fsp3) is 0.294. The molecule has 1 unspecified atom stereocenters. The normalized spacial score (nSPS) is 17.8. The molecular formula is C17H18O2. The molecule has 1 saturated carbocycles. The third kappa shape index (κ3) is 2.36. The third-order valence-electron chi connectivity index (χ3n) is 3.98. The maximum Gasteiger partial charge on any atom is 0.127 e. The van der Waals surface area contributed by atoms with Gasteiger partial charge in [-0.3, -0.25) is 0 Å². The van der Waals surface area contributed by atoms with Crippen LogP contribution in [0.15, 0.2) is 54.6 Å². The van der Waals surface area contributed by atoms with Gasteiger partial charge in [-0.2, -0.15) is 0 Å². The molecule has 2 nitrogen and oxygen atoms in total.